The van der Waals surface area contributed by atoms with Crippen LogP contribution < -0.4 is 10.1 Å². The summed E-state index contributed by atoms with van der Waals surface area (Å²) < 4.78 is 5.19. The predicted molar refractivity (Wildman–Crippen MR) is 92.5 cm³/mol. The minimum absolute atomic E-state index is 0.0178. The van der Waals surface area contributed by atoms with Crippen LogP contribution in [0.25, 0.3) is 10.8 Å². The van der Waals surface area contributed by atoms with Crippen molar-refractivity contribution in [2.75, 3.05) is 7.11 Å². The summed E-state index contributed by atoms with van der Waals surface area (Å²) >= 11 is 0. The average Bonchev–Trinajstić information content (AvgIpc) is 2.60. The van der Waals surface area contributed by atoms with Gasteiger partial charge in [0.1, 0.15) is 5.75 Å². The highest BCUT2D eigenvalue weighted by molar-refractivity contribution is 5.90. The van der Waals surface area contributed by atoms with Crippen molar-refractivity contribution in [1.29, 1.82) is 0 Å². The number of ether oxygens (including phenoxy) is 1. The summed E-state index contributed by atoms with van der Waals surface area (Å²) in [6.07, 6.45) is 0.380. The van der Waals surface area contributed by atoms with Crippen LogP contribution in [0.15, 0.2) is 66.7 Å². The Morgan fingerprint density at radius 2 is 1.78 bits per heavy atom. The highest BCUT2D eigenvalue weighted by Crippen LogP contribution is 2.19. The molecule has 3 aromatic rings. The van der Waals surface area contributed by atoms with Crippen molar-refractivity contribution in [2.45, 2.75) is 13.0 Å². The van der Waals surface area contributed by atoms with Crippen molar-refractivity contribution in [2.24, 2.45) is 0 Å². The number of benzene rings is 3. The monoisotopic (exact) mass is 305 g/mol. The van der Waals surface area contributed by atoms with Crippen LogP contribution in [0.4, 0.5) is 0 Å². The number of methoxy groups -OCH3 is 1. The second-order valence-electron chi connectivity index (χ2n) is 5.44. The molecule has 1 amide bonds. The summed E-state index contributed by atoms with van der Waals surface area (Å²) in [4.78, 5) is 12.2. The second-order valence-corrected chi connectivity index (χ2v) is 5.44. The van der Waals surface area contributed by atoms with Crippen molar-refractivity contribution in [3.05, 3.63) is 77.9 Å². The molecule has 3 nitrogen and oxygen atoms in total. The highest BCUT2D eigenvalue weighted by Gasteiger charge is 2.07. The van der Waals surface area contributed by atoms with Crippen LogP contribution in [-0.4, -0.2) is 13.0 Å². The van der Waals surface area contributed by atoms with E-state index in [0.717, 1.165) is 27.6 Å². The van der Waals surface area contributed by atoms with E-state index in [9.17, 15) is 4.79 Å². The quantitative estimate of drug-likeness (QED) is 0.780. The lowest BCUT2D eigenvalue weighted by Crippen LogP contribution is -2.24. The van der Waals surface area contributed by atoms with E-state index < -0.39 is 0 Å². The van der Waals surface area contributed by atoms with Gasteiger partial charge >= 0.3 is 0 Å². The van der Waals surface area contributed by atoms with Gasteiger partial charge in [-0.1, -0.05) is 54.6 Å². The van der Waals surface area contributed by atoms with Gasteiger partial charge in [-0.25, -0.2) is 0 Å². The Morgan fingerprint density at radius 1 is 1.00 bits per heavy atom. The summed E-state index contributed by atoms with van der Waals surface area (Å²) in [5, 5.41) is 5.26. The molecule has 23 heavy (non-hydrogen) atoms. The minimum atomic E-state index is 0.0178. The zero-order chi connectivity index (χ0) is 16.1. The lowest BCUT2D eigenvalue weighted by Gasteiger charge is -2.09. The molecule has 0 unspecified atom stereocenters. The molecule has 0 spiro atoms. The van der Waals surface area contributed by atoms with Crippen LogP contribution >= 0.6 is 0 Å². The number of hydrogen-bond acceptors (Lipinski definition) is 2. The third-order valence-electron chi connectivity index (χ3n) is 3.85. The van der Waals surface area contributed by atoms with Gasteiger partial charge in [0.2, 0.25) is 5.91 Å². The summed E-state index contributed by atoms with van der Waals surface area (Å²) in [5.74, 6) is 0.815. The molecule has 0 bridgehead atoms. The standard InChI is InChI=1S/C20H19NO2/c1-23-18-10-4-6-15(12-18)14-21-20(22)13-17-9-5-8-16-7-2-3-11-19(16)17/h2-12H,13-14H2,1H3,(H,21,22). The van der Waals surface area contributed by atoms with Gasteiger partial charge in [0.25, 0.3) is 0 Å². The number of carbonyl (C=O) groups is 1. The fourth-order valence-corrected chi connectivity index (χ4v) is 2.67. The Hall–Kier alpha value is -2.81. The molecule has 3 heteroatoms. The zero-order valence-electron chi connectivity index (χ0n) is 13.1. The molecule has 3 aromatic carbocycles. The Morgan fingerprint density at radius 3 is 2.65 bits per heavy atom. The number of hydrogen-bond donors (Lipinski definition) is 1. The van der Waals surface area contributed by atoms with E-state index in [1.165, 1.54) is 0 Å². The number of fused-ring (bicyclic) bond motifs is 1. The Balaban J connectivity index is 1.67. The third kappa shape index (κ3) is 3.69. The molecule has 116 valence electrons. The molecular formula is C20H19NO2. The van der Waals surface area contributed by atoms with E-state index in [2.05, 4.69) is 23.5 Å². The summed E-state index contributed by atoms with van der Waals surface area (Å²) in [6.45, 7) is 0.501. The second kappa shape index (κ2) is 6.97. The van der Waals surface area contributed by atoms with Gasteiger partial charge in [0.15, 0.2) is 0 Å². The van der Waals surface area contributed by atoms with E-state index in [4.69, 9.17) is 4.74 Å². The molecule has 0 heterocycles. The molecule has 1 N–H and O–H groups in total. The minimum Gasteiger partial charge on any atom is -0.497 e. The fraction of sp³-hybridized carbons (Fsp3) is 0.150. The Labute approximate surface area is 135 Å². The molecule has 0 atom stereocenters. The van der Waals surface area contributed by atoms with E-state index in [-0.39, 0.29) is 5.91 Å². The van der Waals surface area contributed by atoms with Crippen LogP contribution in [0, 0.1) is 0 Å². The molecule has 0 saturated heterocycles. The lowest BCUT2D eigenvalue weighted by molar-refractivity contribution is -0.120. The number of amides is 1. The number of carbonyl (C=O) groups excluding carboxylic acids is 1. The first-order valence-electron chi connectivity index (χ1n) is 7.62. The molecule has 0 radical (unpaired) electrons. The van der Waals surface area contributed by atoms with Crippen molar-refractivity contribution in [3.63, 3.8) is 0 Å². The van der Waals surface area contributed by atoms with Gasteiger partial charge in [0, 0.05) is 6.54 Å². The first-order chi connectivity index (χ1) is 11.3. The van der Waals surface area contributed by atoms with Gasteiger partial charge in [-0.15, -0.1) is 0 Å². The predicted octanol–water partition coefficient (Wildman–Crippen LogP) is 3.71. The van der Waals surface area contributed by atoms with Crippen LogP contribution in [-0.2, 0) is 17.8 Å². The van der Waals surface area contributed by atoms with Crippen molar-refractivity contribution >= 4 is 16.7 Å². The smallest absolute Gasteiger partial charge is 0.224 e. The maximum atomic E-state index is 12.2. The molecule has 0 saturated carbocycles. The molecule has 0 aliphatic heterocycles. The molecule has 0 fully saturated rings. The average molecular weight is 305 g/mol. The maximum Gasteiger partial charge on any atom is 0.224 e. The number of rotatable bonds is 5. The van der Waals surface area contributed by atoms with Gasteiger partial charge in [-0.3, -0.25) is 4.79 Å². The Bertz CT molecular complexity index is 821. The number of nitrogens with one attached hydrogen (secondary N) is 1. The van der Waals surface area contributed by atoms with Crippen LogP contribution in [0.2, 0.25) is 0 Å². The van der Waals surface area contributed by atoms with Gasteiger partial charge < -0.3 is 10.1 Å². The highest BCUT2D eigenvalue weighted by atomic mass is 16.5. The largest absolute Gasteiger partial charge is 0.497 e. The zero-order valence-corrected chi connectivity index (χ0v) is 13.1. The molecule has 3 rings (SSSR count). The molecular weight excluding hydrogens is 286 g/mol. The van der Waals surface area contributed by atoms with Gasteiger partial charge in [-0.2, -0.15) is 0 Å². The van der Waals surface area contributed by atoms with Crippen molar-refractivity contribution in [1.82, 2.24) is 5.32 Å². The van der Waals surface area contributed by atoms with E-state index in [1.54, 1.807) is 7.11 Å². The first-order valence-corrected chi connectivity index (χ1v) is 7.62. The Kier molecular flexibility index (Phi) is 4.57. The van der Waals surface area contributed by atoms with Gasteiger partial charge in [0.05, 0.1) is 13.5 Å². The summed E-state index contributed by atoms with van der Waals surface area (Å²) in [6, 6.07) is 21.9. The lowest BCUT2D eigenvalue weighted by atomic mass is 10.0. The molecule has 0 aliphatic rings. The van der Waals surface area contributed by atoms with Crippen molar-refractivity contribution < 1.29 is 9.53 Å². The third-order valence-corrected chi connectivity index (χ3v) is 3.85. The van der Waals surface area contributed by atoms with E-state index >= 15 is 0 Å². The summed E-state index contributed by atoms with van der Waals surface area (Å²) in [7, 11) is 1.64. The van der Waals surface area contributed by atoms with E-state index in [0.29, 0.717) is 13.0 Å². The normalized spacial score (nSPS) is 10.5. The van der Waals surface area contributed by atoms with Crippen molar-refractivity contribution in [3.8, 4) is 5.75 Å². The fourth-order valence-electron chi connectivity index (χ4n) is 2.67. The summed E-state index contributed by atoms with van der Waals surface area (Å²) in [5.41, 5.74) is 2.07. The maximum absolute atomic E-state index is 12.2. The van der Waals surface area contributed by atoms with Crippen LogP contribution in [0.1, 0.15) is 11.1 Å². The SMILES string of the molecule is COc1cccc(CNC(=O)Cc2cccc3ccccc23)c1. The van der Waals surface area contributed by atoms with Crippen LogP contribution in [0.5, 0.6) is 5.75 Å². The first kappa shape index (κ1) is 15.1. The van der Waals surface area contributed by atoms with Crippen LogP contribution in [0.3, 0.4) is 0 Å². The molecule has 0 aromatic heterocycles. The van der Waals surface area contributed by atoms with E-state index in [1.807, 2.05) is 48.5 Å². The topological polar surface area (TPSA) is 38.3 Å². The molecule has 0 aliphatic carbocycles. The van der Waals surface area contributed by atoms with Gasteiger partial charge in [-0.05, 0) is 34.0 Å².